The molecule has 1 N–H and O–H groups in total. The van der Waals surface area contributed by atoms with Gasteiger partial charge in [0.05, 0.1) is 0 Å². The third kappa shape index (κ3) is 3.09. The van der Waals surface area contributed by atoms with Crippen LogP contribution in [0.25, 0.3) is 0 Å². The summed E-state index contributed by atoms with van der Waals surface area (Å²) in [6, 6.07) is 5.10. The van der Waals surface area contributed by atoms with Crippen molar-refractivity contribution in [2.45, 2.75) is 53.1 Å². The second-order valence-electron chi connectivity index (χ2n) is 6.36. The number of hydrogen-bond acceptors (Lipinski definition) is 2. The molecule has 4 nitrogen and oxygen atoms in total. The Labute approximate surface area is 126 Å². The van der Waals surface area contributed by atoms with Gasteiger partial charge in [-0.1, -0.05) is 26.0 Å². The third-order valence-electron chi connectivity index (χ3n) is 3.95. The normalized spacial score (nSPS) is 22.7. The van der Waals surface area contributed by atoms with Crippen LogP contribution in [0, 0.1) is 19.8 Å². The fourth-order valence-corrected chi connectivity index (χ4v) is 2.77. The Morgan fingerprint density at radius 2 is 1.90 bits per heavy atom. The third-order valence-corrected chi connectivity index (χ3v) is 3.95. The molecule has 1 heterocycles. The Balaban J connectivity index is 2.41. The van der Waals surface area contributed by atoms with E-state index in [0.717, 1.165) is 16.8 Å². The molecule has 1 aromatic rings. The smallest absolute Gasteiger partial charge is 0.250 e. The molecule has 2 atom stereocenters. The maximum Gasteiger partial charge on any atom is 0.250 e. The molecule has 1 aliphatic heterocycles. The molecule has 0 aliphatic carbocycles. The lowest BCUT2D eigenvalue weighted by Crippen LogP contribution is -2.63. The lowest BCUT2D eigenvalue weighted by Gasteiger charge is -2.38. The van der Waals surface area contributed by atoms with Crippen LogP contribution >= 0.6 is 0 Å². The van der Waals surface area contributed by atoms with E-state index in [4.69, 9.17) is 0 Å². The fraction of sp³-hybridized carbons (Fsp3) is 0.529. The van der Waals surface area contributed by atoms with Gasteiger partial charge >= 0.3 is 0 Å². The molecular formula is C17H24N2O2. The fourth-order valence-electron chi connectivity index (χ4n) is 2.77. The summed E-state index contributed by atoms with van der Waals surface area (Å²) in [4.78, 5) is 26.7. The van der Waals surface area contributed by atoms with Gasteiger partial charge in [-0.15, -0.1) is 0 Å². The predicted octanol–water partition coefficient (Wildman–Crippen LogP) is 2.57. The van der Waals surface area contributed by atoms with E-state index in [1.807, 2.05) is 32.0 Å². The molecule has 114 valence electrons. The Morgan fingerprint density at radius 3 is 2.52 bits per heavy atom. The summed E-state index contributed by atoms with van der Waals surface area (Å²) in [5.41, 5.74) is 2.94. The maximum absolute atomic E-state index is 12.8. The number of carbonyl (C=O) groups is 2. The molecule has 2 unspecified atom stereocenters. The van der Waals surface area contributed by atoms with Crippen molar-refractivity contribution in [3.63, 3.8) is 0 Å². The monoisotopic (exact) mass is 288 g/mol. The largest absolute Gasteiger partial charge is 0.342 e. The minimum absolute atomic E-state index is 0.00972. The molecule has 0 radical (unpaired) electrons. The van der Waals surface area contributed by atoms with Gasteiger partial charge in [0.2, 0.25) is 11.8 Å². The highest BCUT2D eigenvalue weighted by molar-refractivity contribution is 6.08. The molecule has 21 heavy (non-hydrogen) atoms. The van der Waals surface area contributed by atoms with Gasteiger partial charge in [0.1, 0.15) is 12.1 Å². The Morgan fingerprint density at radius 1 is 1.24 bits per heavy atom. The van der Waals surface area contributed by atoms with Crippen LogP contribution in [-0.2, 0) is 9.59 Å². The van der Waals surface area contributed by atoms with Crippen LogP contribution in [0.15, 0.2) is 18.2 Å². The average Bonchev–Trinajstić information content (AvgIpc) is 2.39. The highest BCUT2D eigenvalue weighted by Crippen LogP contribution is 2.27. The minimum Gasteiger partial charge on any atom is -0.342 e. The van der Waals surface area contributed by atoms with Gasteiger partial charge in [-0.3, -0.25) is 14.5 Å². The number of aryl methyl sites for hydroxylation is 2. The summed E-state index contributed by atoms with van der Waals surface area (Å²) >= 11 is 0. The summed E-state index contributed by atoms with van der Waals surface area (Å²) < 4.78 is 0. The van der Waals surface area contributed by atoms with Crippen LogP contribution in [0.5, 0.6) is 0 Å². The van der Waals surface area contributed by atoms with E-state index in [9.17, 15) is 9.59 Å². The van der Waals surface area contributed by atoms with Crippen molar-refractivity contribution in [3.05, 3.63) is 29.3 Å². The maximum atomic E-state index is 12.8. The minimum atomic E-state index is -0.471. The summed E-state index contributed by atoms with van der Waals surface area (Å²) in [6.45, 7) is 9.85. The number of benzene rings is 1. The lowest BCUT2D eigenvalue weighted by molar-refractivity contribution is -0.133. The van der Waals surface area contributed by atoms with Crippen LogP contribution in [0.2, 0.25) is 0 Å². The van der Waals surface area contributed by atoms with E-state index < -0.39 is 12.1 Å². The second kappa shape index (κ2) is 5.88. The topological polar surface area (TPSA) is 49.4 Å². The van der Waals surface area contributed by atoms with Gasteiger partial charge in [0.25, 0.3) is 0 Å². The van der Waals surface area contributed by atoms with Crippen LogP contribution in [0.4, 0.5) is 5.69 Å². The Bertz CT molecular complexity index is 566. The molecule has 2 amide bonds. The zero-order chi connectivity index (χ0) is 15.7. The van der Waals surface area contributed by atoms with E-state index in [1.165, 1.54) is 0 Å². The number of anilines is 1. The second-order valence-corrected chi connectivity index (χ2v) is 6.36. The highest BCUT2D eigenvalue weighted by Gasteiger charge is 2.39. The lowest BCUT2D eigenvalue weighted by atomic mass is 9.97. The van der Waals surface area contributed by atoms with E-state index in [1.54, 1.807) is 11.8 Å². The van der Waals surface area contributed by atoms with Crippen molar-refractivity contribution in [3.8, 4) is 0 Å². The van der Waals surface area contributed by atoms with Crippen molar-refractivity contribution in [2.24, 2.45) is 5.92 Å². The first-order valence-electron chi connectivity index (χ1n) is 7.52. The molecule has 4 heteroatoms. The van der Waals surface area contributed by atoms with Crippen molar-refractivity contribution in [2.75, 3.05) is 4.90 Å². The molecule has 1 aliphatic rings. The summed E-state index contributed by atoms with van der Waals surface area (Å²) in [5, 5.41) is 2.85. The summed E-state index contributed by atoms with van der Waals surface area (Å²) in [5.74, 6) is 0.263. The molecule has 0 aromatic heterocycles. The van der Waals surface area contributed by atoms with Gasteiger partial charge in [-0.2, -0.15) is 0 Å². The SMILES string of the molecule is Cc1ccc(C)c(N2C(=O)C(CC(C)C)NC(=O)C2C)c1. The van der Waals surface area contributed by atoms with Crippen molar-refractivity contribution in [1.82, 2.24) is 5.32 Å². The van der Waals surface area contributed by atoms with E-state index in [-0.39, 0.29) is 11.8 Å². The number of hydrogen-bond donors (Lipinski definition) is 1. The Hall–Kier alpha value is -1.84. The van der Waals surface area contributed by atoms with Crippen LogP contribution in [0.3, 0.4) is 0 Å². The number of nitrogens with zero attached hydrogens (tertiary/aromatic N) is 1. The number of amides is 2. The Kier molecular flexibility index (Phi) is 4.35. The quantitative estimate of drug-likeness (QED) is 0.929. The van der Waals surface area contributed by atoms with Gasteiger partial charge < -0.3 is 5.32 Å². The van der Waals surface area contributed by atoms with Crippen LogP contribution in [-0.4, -0.2) is 23.9 Å². The first kappa shape index (κ1) is 15.5. The van der Waals surface area contributed by atoms with E-state index in [2.05, 4.69) is 19.2 Å². The zero-order valence-corrected chi connectivity index (χ0v) is 13.4. The molecule has 2 rings (SSSR count). The zero-order valence-electron chi connectivity index (χ0n) is 13.4. The van der Waals surface area contributed by atoms with Gasteiger partial charge in [0, 0.05) is 5.69 Å². The van der Waals surface area contributed by atoms with Gasteiger partial charge in [-0.05, 0) is 50.3 Å². The van der Waals surface area contributed by atoms with Gasteiger partial charge in [-0.25, -0.2) is 0 Å². The molecule has 0 bridgehead atoms. The summed E-state index contributed by atoms with van der Waals surface area (Å²) in [7, 11) is 0. The molecule has 0 saturated carbocycles. The number of rotatable bonds is 3. The summed E-state index contributed by atoms with van der Waals surface area (Å²) in [6.07, 6.45) is 0.665. The first-order chi connectivity index (χ1) is 9.81. The predicted molar refractivity (Wildman–Crippen MR) is 84.2 cm³/mol. The molecule has 1 saturated heterocycles. The first-order valence-corrected chi connectivity index (χ1v) is 7.52. The van der Waals surface area contributed by atoms with E-state index in [0.29, 0.717) is 12.3 Å². The average molecular weight is 288 g/mol. The molecule has 0 spiro atoms. The van der Waals surface area contributed by atoms with Crippen molar-refractivity contribution >= 4 is 17.5 Å². The van der Waals surface area contributed by atoms with Crippen molar-refractivity contribution in [1.29, 1.82) is 0 Å². The van der Waals surface area contributed by atoms with E-state index >= 15 is 0 Å². The molecular weight excluding hydrogens is 264 g/mol. The van der Waals surface area contributed by atoms with Crippen molar-refractivity contribution < 1.29 is 9.59 Å². The standard InChI is InChI=1S/C17H24N2O2/c1-10(2)8-14-17(21)19(13(5)16(20)18-14)15-9-11(3)6-7-12(15)4/h6-7,9-10,13-14H,8H2,1-5H3,(H,18,20). The number of nitrogens with one attached hydrogen (secondary N) is 1. The molecule has 1 aromatic carbocycles. The van der Waals surface area contributed by atoms with Gasteiger partial charge in [0.15, 0.2) is 0 Å². The highest BCUT2D eigenvalue weighted by atomic mass is 16.2. The number of piperazine rings is 1. The number of carbonyl (C=O) groups excluding carboxylic acids is 2. The van der Waals surface area contributed by atoms with Crippen LogP contribution < -0.4 is 10.2 Å². The van der Waals surface area contributed by atoms with Crippen LogP contribution in [0.1, 0.15) is 38.3 Å². The molecule has 1 fully saturated rings.